The number of likely N-dealkylation sites (tertiary alicyclic amines) is 1. The van der Waals surface area contributed by atoms with Crippen molar-refractivity contribution >= 4 is 17.4 Å². The number of nitrogens with zero attached hydrogens (tertiary/aromatic N) is 2. The van der Waals surface area contributed by atoms with Crippen LogP contribution in [0.1, 0.15) is 36.9 Å². The van der Waals surface area contributed by atoms with Gasteiger partial charge in [-0.25, -0.2) is 8.96 Å². The Kier molecular flexibility index (Phi) is 7.06. The zero-order valence-electron chi connectivity index (χ0n) is 18.9. The number of imidazole rings is 1. The van der Waals surface area contributed by atoms with Crippen LogP contribution >= 0.6 is 0 Å². The number of halogens is 1. The lowest BCUT2D eigenvalue weighted by Crippen LogP contribution is -2.36. The van der Waals surface area contributed by atoms with Gasteiger partial charge in [-0.3, -0.25) is 14.6 Å². The predicted molar refractivity (Wildman–Crippen MR) is 121 cm³/mol. The minimum absolute atomic E-state index is 0.117. The van der Waals surface area contributed by atoms with Crippen molar-refractivity contribution in [3.05, 3.63) is 89.8 Å². The molecular formula is C26H26FN3O4. The first-order valence-corrected chi connectivity index (χ1v) is 11.3. The summed E-state index contributed by atoms with van der Waals surface area (Å²) in [5.41, 5.74) is 0.686. The number of Topliss-reactive ketones (excluding diaryl/α,β-unsaturated/α-hetero) is 1. The van der Waals surface area contributed by atoms with Gasteiger partial charge in [0, 0.05) is 18.5 Å². The number of aryl methyl sites for hydroxylation is 1. The van der Waals surface area contributed by atoms with Crippen LogP contribution in [0.3, 0.4) is 0 Å². The highest BCUT2D eigenvalue weighted by molar-refractivity contribution is 6.46. The molecule has 0 aliphatic carbocycles. The minimum atomic E-state index is -0.825. The number of aromatic amines is 1. The number of ketones is 1. The van der Waals surface area contributed by atoms with Crippen molar-refractivity contribution in [1.29, 1.82) is 0 Å². The second-order valence-corrected chi connectivity index (χ2v) is 8.10. The Morgan fingerprint density at radius 2 is 1.88 bits per heavy atom. The fraction of sp³-hybridized carbons (Fsp3) is 0.269. The van der Waals surface area contributed by atoms with Crippen LogP contribution in [-0.4, -0.2) is 34.7 Å². The van der Waals surface area contributed by atoms with Gasteiger partial charge < -0.3 is 14.7 Å². The number of hydrogen-bond donors (Lipinski definition) is 1. The molecule has 3 aromatic rings. The predicted octanol–water partition coefficient (Wildman–Crippen LogP) is 2.54. The standard InChI is InChI=1S/C26H26FN3O4/c1-2-16-34-21-10-6-18(7-11-21)23-22(24(31)19-4-8-20(27)9-5-19)25(32)26(33)30(23)14-3-13-29-15-12-28-17-29/h4-12,15,17,23H,2-3,13-14,16H2,1H3,(H,31,32). The number of hydrogen-bond acceptors (Lipinski definition) is 4. The van der Waals surface area contributed by atoms with E-state index in [1.54, 1.807) is 36.8 Å². The van der Waals surface area contributed by atoms with Crippen LogP contribution in [0.15, 0.2) is 72.8 Å². The molecule has 1 atom stereocenters. The van der Waals surface area contributed by atoms with Crippen molar-refractivity contribution in [2.45, 2.75) is 32.4 Å². The van der Waals surface area contributed by atoms with Gasteiger partial charge in [0.15, 0.2) is 0 Å². The van der Waals surface area contributed by atoms with Crippen molar-refractivity contribution in [1.82, 2.24) is 9.88 Å². The molecule has 0 saturated carbocycles. The third-order valence-electron chi connectivity index (χ3n) is 5.72. The van der Waals surface area contributed by atoms with Crippen molar-refractivity contribution in [2.75, 3.05) is 13.2 Å². The van der Waals surface area contributed by atoms with Gasteiger partial charge in [0.05, 0.1) is 19.2 Å². The summed E-state index contributed by atoms with van der Waals surface area (Å²) in [7, 11) is 0. The SMILES string of the molecule is CCCOc1ccc(C2/C(=C(\[O-])c3ccc(F)cc3)C(=O)C(=O)N2CCC[n+]2cc[nH]c2)cc1. The van der Waals surface area contributed by atoms with Crippen molar-refractivity contribution in [2.24, 2.45) is 0 Å². The summed E-state index contributed by atoms with van der Waals surface area (Å²) in [5.74, 6) is -1.92. The molecule has 176 valence electrons. The summed E-state index contributed by atoms with van der Waals surface area (Å²) < 4.78 is 21.0. The molecule has 8 heteroatoms. The van der Waals surface area contributed by atoms with Crippen LogP contribution in [0.5, 0.6) is 5.75 Å². The van der Waals surface area contributed by atoms with Crippen LogP contribution in [0, 0.1) is 5.82 Å². The Balaban J connectivity index is 1.69. The first-order valence-electron chi connectivity index (χ1n) is 11.3. The maximum absolute atomic E-state index is 13.4. The summed E-state index contributed by atoms with van der Waals surface area (Å²) in [6, 6.07) is 11.2. The fourth-order valence-electron chi connectivity index (χ4n) is 4.05. The van der Waals surface area contributed by atoms with Crippen LogP contribution in [0.4, 0.5) is 4.39 Å². The molecule has 0 spiro atoms. The van der Waals surface area contributed by atoms with Gasteiger partial charge >= 0.3 is 0 Å². The zero-order chi connectivity index (χ0) is 24.1. The minimum Gasteiger partial charge on any atom is -0.872 e. The number of carbonyl (C=O) groups excluding carboxylic acids is 2. The second-order valence-electron chi connectivity index (χ2n) is 8.10. The first kappa shape index (κ1) is 23.2. The molecule has 2 aromatic carbocycles. The Morgan fingerprint density at radius 1 is 1.15 bits per heavy atom. The summed E-state index contributed by atoms with van der Waals surface area (Å²) >= 11 is 0. The van der Waals surface area contributed by atoms with E-state index in [9.17, 15) is 19.1 Å². The van der Waals surface area contributed by atoms with E-state index in [1.165, 1.54) is 17.0 Å². The number of carbonyl (C=O) groups is 2. The van der Waals surface area contributed by atoms with Gasteiger partial charge in [-0.05, 0) is 41.8 Å². The first-order chi connectivity index (χ1) is 16.5. The number of aromatic nitrogens is 2. The maximum Gasteiger partial charge on any atom is 0.295 e. The van der Waals surface area contributed by atoms with Crippen LogP contribution in [0.2, 0.25) is 0 Å². The van der Waals surface area contributed by atoms with Crippen molar-refractivity contribution in [3.63, 3.8) is 0 Å². The summed E-state index contributed by atoms with van der Waals surface area (Å²) in [6.45, 7) is 3.51. The number of benzene rings is 2. The van der Waals surface area contributed by atoms with E-state index < -0.39 is 29.3 Å². The third kappa shape index (κ3) is 4.85. The molecule has 1 aliphatic heterocycles. The number of nitrogens with one attached hydrogen (secondary N) is 1. The Morgan fingerprint density at radius 3 is 2.53 bits per heavy atom. The summed E-state index contributed by atoms with van der Waals surface area (Å²) in [5, 5.41) is 13.3. The van der Waals surface area contributed by atoms with E-state index >= 15 is 0 Å². The highest BCUT2D eigenvalue weighted by Crippen LogP contribution is 2.39. The normalized spacial score (nSPS) is 17.4. The number of ether oxygens (including phenoxy) is 1. The van der Waals surface area contributed by atoms with Gasteiger partial charge in [0.25, 0.3) is 5.91 Å². The quantitative estimate of drug-likeness (QED) is 0.229. The Hall–Kier alpha value is -3.94. The molecule has 1 amide bonds. The van der Waals surface area contributed by atoms with Gasteiger partial charge in [0.2, 0.25) is 12.1 Å². The Labute approximate surface area is 197 Å². The molecule has 0 bridgehead atoms. The lowest BCUT2D eigenvalue weighted by atomic mass is 9.95. The summed E-state index contributed by atoms with van der Waals surface area (Å²) in [6.07, 6.45) is 6.93. The molecule has 34 heavy (non-hydrogen) atoms. The van der Waals surface area contributed by atoms with E-state index in [2.05, 4.69) is 4.98 Å². The highest BCUT2D eigenvalue weighted by Gasteiger charge is 2.43. The van der Waals surface area contributed by atoms with Gasteiger partial charge in [-0.1, -0.05) is 36.9 Å². The lowest BCUT2D eigenvalue weighted by molar-refractivity contribution is -0.695. The van der Waals surface area contributed by atoms with Crippen molar-refractivity contribution < 1.29 is 28.4 Å². The monoisotopic (exact) mass is 463 g/mol. The molecule has 7 nitrogen and oxygen atoms in total. The average Bonchev–Trinajstić information content (AvgIpc) is 3.45. The third-order valence-corrected chi connectivity index (χ3v) is 5.72. The van der Waals surface area contributed by atoms with Crippen LogP contribution in [-0.2, 0) is 16.1 Å². The molecule has 4 rings (SSSR count). The molecule has 1 N–H and O–H groups in total. The number of H-pyrrole nitrogens is 1. The van der Waals surface area contributed by atoms with E-state index in [1.807, 2.05) is 17.7 Å². The molecule has 1 fully saturated rings. The van der Waals surface area contributed by atoms with Gasteiger partial charge in [0.1, 0.15) is 24.0 Å². The van der Waals surface area contributed by atoms with E-state index in [-0.39, 0.29) is 11.1 Å². The van der Waals surface area contributed by atoms with E-state index in [0.29, 0.717) is 37.4 Å². The zero-order valence-corrected chi connectivity index (χ0v) is 18.9. The molecule has 2 heterocycles. The van der Waals surface area contributed by atoms with E-state index in [4.69, 9.17) is 4.74 Å². The molecule has 1 aliphatic rings. The number of rotatable bonds is 9. The molecule has 1 unspecified atom stereocenters. The highest BCUT2D eigenvalue weighted by atomic mass is 19.1. The molecule has 0 radical (unpaired) electrons. The largest absolute Gasteiger partial charge is 0.872 e. The fourth-order valence-corrected chi connectivity index (χ4v) is 4.05. The molecule has 1 aromatic heterocycles. The smallest absolute Gasteiger partial charge is 0.295 e. The van der Waals surface area contributed by atoms with Gasteiger partial charge in [-0.15, -0.1) is 0 Å². The second kappa shape index (κ2) is 10.3. The maximum atomic E-state index is 13.4. The summed E-state index contributed by atoms with van der Waals surface area (Å²) in [4.78, 5) is 30.4. The van der Waals surface area contributed by atoms with Crippen LogP contribution in [0.25, 0.3) is 5.76 Å². The Bertz CT molecular complexity index is 1170. The van der Waals surface area contributed by atoms with Crippen molar-refractivity contribution in [3.8, 4) is 5.75 Å². The molecule has 1 saturated heterocycles. The average molecular weight is 464 g/mol. The van der Waals surface area contributed by atoms with E-state index in [0.717, 1.165) is 18.6 Å². The number of amides is 1. The van der Waals surface area contributed by atoms with Gasteiger partial charge in [-0.2, -0.15) is 0 Å². The van der Waals surface area contributed by atoms with Crippen LogP contribution < -0.4 is 14.4 Å². The molecular weight excluding hydrogens is 437 g/mol. The topological polar surface area (TPSA) is 89.3 Å². The lowest BCUT2D eigenvalue weighted by Gasteiger charge is -2.27.